The third kappa shape index (κ3) is 4.73. The summed E-state index contributed by atoms with van der Waals surface area (Å²) in [6.45, 7) is 2.07. The number of hydrogen-bond acceptors (Lipinski definition) is 7. The number of amides is 1. The van der Waals surface area contributed by atoms with E-state index in [0.29, 0.717) is 52.6 Å². The molecule has 0 spiro atoms. The summed E-state index contributed by atoms with van der Waals surface area (Å²) in [5.74, 6) is 1.59. The van der Waals surface area contributed by atoms with Crippen LogP contribution in [-0.2, 0) is 11.3 Å². The van der Waals surface area contributed by atoms with Gasteiger partial charge in [-0.1, -0.05) is 11.6 Å². The highest BCUT2D eigenvalue weighted by atomic mass is 35.5. The Balaban J connectivity index is 1.62. The minimum Gasteiger partial charge on any atom is -0.375 e. The van der Waals surface area contributed by atoms with Crippen LogP contribution in [0.25, 0.3) is 10.8 Å². The van der Waals surface area contributed by atoms with E-state index in [-0.39, 0.29) is 12.5 Å². The molecule has 1 atom stereocenters. The largest absolute Gasteiger partial charge is 0.375 e. The maximum absolute atomic E-state index is 13.2. The van der Waals surface area contributed by atoms with Crippen LogP contribution in [-0.4, -0.2) is 61.1 Å². The van der Waals surface area contributed by atoms with E-state index in [1.165, 1.54) is 11.5 Å². The summed E-state index contributed by atoms with van der Waals surface area (Å²) in [4.78, 5) is 19.2. The van der Waals surface area contributed by atoms with Gasteiger partial charge in [-0.3, -0.25) is 4.79 Å². The highest BCUT2D eigenvalue weighted by Crippen LogP contribution is 2.32. The van der Waals surface area contributed by atoms with Crippen molar-refractivity contribution in [3.63, 3.8) is 0 Å². The summed E-state index contributed by atoms with van der Waals surface area (Å²) >= 11 is 7.16. The van der Waals surface area contributed by atoms with Gasteiger partial charge in [0.15, 0.2) is 16.7 Å². The van der Waals surface area contributed by atoms with Gasteiger partial charge in [-0.2, -0.15) is 4.37 Å². The summed E-state index contributed by atoms with van der Waals surface area (Å²) in [6, 6.07) is 6.13. The molecule has 1 aromatic carbocycles. The highest BCUT2D eigenvalue weighted by Gasteiger charge is 2.35. The smallest absolute Gasteiger partial charge is 0.261 e. The maximum atomic E-state index is 13.2. The first kappa shape index (κ1) is 21.7. The molecule has 0 aliphatic carbocycles. The van der Waals surface area contributed by atoms with E-state index in [4.69, 9.17) is 16.3 Å². The quantitative estimate of drug-likeness (QED) is 0.492. The Morgan fingerprint density at radius 3 is 2.74 bits per heavy atom. The molecule has 1 amide bonds. The molecule has 0 radical (unpaired) electrons. The molecule has 8 nitrogen and oxygen atoms in total. The number of hydrogen-bond donors (Lipinski definition) is 0. The number of ether oxygens (including phenoxy) is 1. The Hall–Kier alpha value is -2.50. The van der Waals surface area contributed by atoms with Gasteiger partial charge in [-0.25, -0.2) is 13.8 Å². The van der Waals surface area contributed by atoms with E-state index in [9.17, 15) is 13.6 Å². The van der Waals surface area contributed by atoms with Crippen LogP contribution in [0, 0.1) is 6.92 Å². The zero-order valence-corrected chi connectivity index (χ0v) is 18.1. The summed E-state index contributed by atoms with van der Waals surface area (Å²) in [7, 11) is 0. The third-order valence-corrected chi connectivity index (χ3v) is 5.92. The Morgan fingerprint density at radius 1 is 1.29 bits per heavy atom. The molecule has 0 N–H and O–H groups in total. The van der Waals surface area contributed by atoms with Crippen LogP contribution in [0.15, 0.2) is 24.3 Å². The first-order chi connectivity index (χ1) is 14.9. The second-order valence-electron chi connectivity index (χ2n) is 6.96. The predicted octanol–water partition coefficient (Wildman–Crippen LogP) is 3.63. The van der Waals surface area contributed by atoms with E-state index in [2.05, 4.69) is 19.6 Å². The minimum atomic E-state index is -2.55. The van der Waals surface area contributed by atoms with Gasteiger partial charge in [0.2, 0.25) is 0 Å². The minimum absolute atomic E-state index is 0.0551. The van der Waals surface area contributed by atoms with Crippen LogP contribution < -0.4 is 0 Å². The molecule has 0 saturated carbocycles. The second kappa shape index (κ2) is 9.33. The van der Waals surface area contributed by atoms with Crippen LogP contribution in [0.2, 0.25) is 5.02 Å². The van der Waals surface area contributed by atoms with Crippen molar-refractivity contribution >= 4 is 29.0 Å². The number of fused-ring (bicyclic) bond motifs is 1. The molecule has 0 bridgehead atoms. The Bertz CT molecular complexity index is 1060. The SMILES string of the molecule is Cc1nsc(-c2nnc3n2CCN(C(=O)c2ccc(Cl)cc2)C3CCOCC(F)F)n1. The second-order valence-corrected chi connectivity index (χ2v) is 8.14. The molecule has 0 fully saturated rings. The molecule has 1 aliphatic heterocycles. The van der Waals surface area contributed by atoms with Gasteiger partial charge in [0.05, 0.1) is 6.04 Å². The first-order valence-corrected chi connectivity index (χ1v) is 10.8. The van der Waals surface area contributed by atoms with Gasteiger partial charge in [0.25, 0.3) is 12.3 Å². The van der Waals surface area contributed by atoms with Gasteiger partial charge in [0.1, 0.15) is 12.4 Å². The van der Waals surface area contributed by atoms with Crippen LogP contribution in [0.4, 0.5) is 8.78 Å². The van der Waals surface area contributed by atoms with E-state index in [0.717, 1.165) is 0 Å². The lowest BCUT2D eigenvalue weighted by Gasteiger charge is -2.36. The number of aromatic nitrogens is 5. The van der Waals surface area contributed by atoms with Crippen LogP contribution >= 0.6 is 23.1 Å². The monoisotopic (exact) mass is 468 g/mol. The molecule has 12 heteroatoms. The number of alkyl halides is 2. The van der Waals surface area contributed by atoms with Gasteiger partial charge >= 0.3 is 0 Å². The zero-order valence-electron chi connectivity index (χ0n) is 16.5. The molecule has 3 aromatic rings. The normalized spacial score (nSPS) is 16.0. The molecule has 0 saturated heterocycles. The van der Waals surface area contributed by atoms with Gasteiger partial charge in [-0.15, -0.1) is 10.2 Å². The van der Waals surface area contributed by atoms with Crippen molar-refractivity contribution in [1.29, 1.82) is 0 Å². The molecular formula is C19H19ClF2N6O2S. The lowest BCUT2D eigenvalue weighted by atomic mass is 10.1. The van der Waals surface area contributed by atoms with Crippen LogP contribution in [0.5, 0.6) is 0 Å². The van der Waals surface area contributed by atoms with Crippen molar-refractivity contribution in [3.05, 3.63) is 46.5 Å². The molecular weight excluding hydrogens is 450 g/mol. The molecule has 1 aliphatic rings. The Kier molecular flexibility index (Phi) is 6.54. The van der Waals surface area contributed by atoms with E-state index in [1.54, 1.807) is 36.1 Å². The molecule has 164 valence electrons. The van der Waals surface area contributed by atoms with Crippen LogP contribution in [0.3, 0.4) is 0 Å². The van der Waals surface area contributed by atoms with E-state index in [1.807, 2.05) is 4.57 Å². The maximum Gasteiger partial charge on any atom is 0.261 e. The third-order valence-electron chi connectivity index (χ3n) is 4.87. The number of carbonyl (C=O) groups excluding carboxylic acids is 1. The van der Waals surface area contributed by atoms with Gasteiger partial charge in [0, 0.05) is 30.3 Å². The fourth-order valence-corrected chi connectivity index (χ4v) is 4.28. The zero-order chi connectivity index (χ0) is 22.0. The molecule has 3 heterocycles. The van der Waals surface area contributed by atoms with Crippen molar-refractivity contribution in [2.24, 2.45) is 0 Å². The molecule has 31 heavy (non-hydrogen) atoms. The lowest BCUT2D eigenvalue weighted by Crippen LogP contribution is -2.43. The summed E-state index contributed by atoms with van der Waals surface area (Å²) in [6.07, 6.45) is -2.24. The van der Waals surface area contributed by atoms with E-state index >= 15 is 0 Å². The van der Waals surface area contributed by atoms with Crippen molar-refractivity contribution in [2.75, 3.05) is 19.8 Å². The summed E-state index contributed by atoms with van der Waals surface area (Å²) in [5, 5.41) is 9.75. The number of nitrogens with zero attached hydrogens (tertiary/aromatic N) is 6. The first-order valence-electron chi connectivity index (χ1n) is 9.60. The van der Waals surface area contributed by atoms with E-state index < -0.39 is 19.1 Å². The topological polar surface area (TPSA) is 86.0 Å². The number of halogens is 3. The average molecular weight is 469 g/mol. The summed E-state index contributed by atoms with van der Waals surface area (Å²) in [5.41, 5.74) is 0.482. The van der Waals surface area contributed by atoms with Crippen molar-refractivity contribution in [3.8, 4) is 10.8 Å². The molecule has 4 rings (SSSR count). The highest BCUT2D eigenvalue weighted by molar-refractivity contribution is 7.09. The van der Waals surface area contributed by atoms with Gasteiger partial charge in [-0.05, 0) is 49.1 Å². The predicted molar refractivity (Wildman–Crippen MR) is 110 cm³/mol. The number of benzene rings is 1. The Morgan fingerprint density at radius 2 is 2.06 bits per heavy atom. The Labute approximate surface area is 186 Å². The fourth-order valence-electron chi connectivity index (χ4n) is 3.48. The van der Waals surface area contributed by atoms with Crippen molar-refractivity contribution < 1.29 is 18.3 Å². The van der Waals surface area contributed by atoms with Crippen molar-refractivity contribution in [2.45, 2.75) is 32.4 Å². The fraction of sp³-hybridized carbons (Fsp3) is 0.421. The molecule has 1 unspecified atom stereocenters. The number of carbonyl (C=O) groups is 1. The summed E-state index contributed by atoms with van der Waals surface area (Å²) < 4.78 is 36.1. The van der Waals surface area contributed by atoms with Crippen molar-refractivity contribution in [1.82, 2.24) is 29.0 Å². The lowest BCUT2D eigenvalue weighted by molar-refractivity contribution is 0.00672. The molecule has 2 aromatic heterocycles. The standard InChI is InChI=1S/C19H19ClF2N6O2S/c1-11-23-18(31-26-11)17-25-24-16-14(6-9-30-10-15(21)22)27(7-8-28(16)17)19(29)12-2-4-13(20)5-3-12/h2-5,14-15H,6-10H2,1H3. The van der Waals surface area contributed by atoms with Gasteiger partial charge < -0.3 is 14.2 Å². The number of aryl methyl sites for hydroxylation is 1. The van der Waals surface area contributed by atoms with Crippen LogP contribution in [0.1, 0.15) is 34.5 Å². The number of rotatable bonds is 7. The average Bonchev–Trinajstić information content (AvgIpc) is 3.37.